The zero-order valence-corrected chi connectivity index (χ0v) is 18.9. The maximum absolute atomic E-state index is 12.7. The molecule has 1 heterocycles. The third kappa shape index (κ3) is 6.55. The van der Waals surface area contributed by atoms with Gasteiger partial charge in [-0.05, 0) is 24.5 Å². The van der Waals surface area contributed by atoms with Crippen molar-refractivity contribution in [2.24, 2.45) is 0 Å². The maximum Gasteiger partial charge on any atom is 0.278 e. The van der Waals surface area contributed by atoms with Crippen LogP contribution in [0.4, 0.5) is 8.78 Å². The molecule has 0 fully saturated rings. The summed E-state index contributed by atoms with van der Waals surface area (Å²) in [5.74, 6) is -0.216. The summed E-state index contributed by atoms with van der Waals surface area (Å²) in [5, 5.41) is 14.3. The van der Waals surface area contributed by atoms with Gasteiger partial charge in [-0.2, -0.15) is 5.10 Å². The molecule has 0 saturated heterocycles. The number of rotatable bonds is 5. The molecular formula is C19H27F2N2O2Y-. The maximum atomic E-state index is 12.7. The molecule has 0 unspecified atom stereocenters. The summed E-state index contributed by atoms with van der Waals surface area (Å²) in [6.07, 6.45) is -1.59. The second kappa shape index (κ2) is 13.1. The Morgan fingerprint density at radius 2 is 1.81 bits per heavy atom. The van der Waals surface area contributed by atoms with Crippen molar-refractivity contribution in [3.8, 4) is 16.9 Å². The second-order valence-corrected chi connectivity index (χ2v) is 5.11. The first kappa shape index (κ1) is 27.1. The Morgan fingerprint density at radius 1 is 1.23 bits per heavy atom. The molecule has 1 aromatic heterocycles. The third-order valence-corrected chi connectivity index (χ3v) is 3.41. The van der Waals surface area contributed by atoms with E-state index in [4.69, 9.17) is 0 Å². The zero-order chi connectivity index (χ0) is 18.3. The molecule has 0 aliphatic heterocycles. The van der Waals surface area contributed by atoms with Gasteiger partial charge >= 0.3 is 0 Å². The summed E-state index contributed by atoms with van der Waals surface area (Å²) in [5.41, 5.74) is 0.921. The van der Waals surface area contributed by atoms with Gasteiger partial charge in [0.15, 0.2) is 5.75 Å². The van der Waals surface area contributed by atoms with E-state index in [0.717, 1.165) is 10.2 Å². The first-order valence-electron chi connectivity index (χ1n) is 8.12. The fraction of sp³-hybridized carbons (Fsp3) is 0.421. The molecule has 143 valence electrons. The third-order valence-electron chi connectivity index (χ3n) is 3.41. The molecule has 0 aliphatic rings. The number of hydrogen-bond acceptors (Lipinski definition) is 3. The minimum Gasteiger partial charge on any atom is -0.505 e. The summed E-state index contributed by atoms with van der Waals surface area (Å²) in [7, 11) is 0. The van der Waals surface area contributed by atoms with Crippen LogP contribution in [-0.2, 0) is 45.7 Å². The van der Waals surface area contributed by atoms with Crippen molar-refractivity contribution in [1.29, 1.82) is 0 Å². The van der Waals surface area contributed by atoms with Gasteiger partial charge in [-0.1, -0.05) is 51.5 Å². The van der Waals surface area contributed by atoms with Crippen LogP contribution in [0.15, 0.2) is 29.1 Å². The average molecular weight is 442 g/mol. The van der Waals surface area contributed by atoms with Crippen molar-refractivity contribution in [2.75, 3.05) is 0 Å². The standard InChI is InChI=1S/C16H18F2N2O2.C2H6.CH3.Y/c1-3-6-12-15(21)14(11-8-5-4-7-10(11)2)16(22)20(19-12)9-13(17)18;1-2;;/h4-5,7-8,13,21H,3,6,9H2,1-2H3;1-2H3;1H3;/q;;-1;. The van der Waals surface area contributed by atoms with Crippen molar-refractivity contribution in [2.45, 2.75) is 53.5 Å². The molecule has 7 heteroatoms. The minimum absolute atomic E-state index is 0. The molecule has 0 saturated carbocycles. The fourth-order valence-electron chi connectivity index (χ4n) is 2.37. The molecule has 0 aliphatic carbocycles. The molecule has 2 rings (SSSR count). The summed E-state index contributed by atoms with van der Waals surface area (Å²) >= 11 is 0. The van der Waals surface area contributed by atoms with Crippen molar-refractivity contribution in [3.05, 3.63) is 53.3 Å². The predicted molar refractivity (Wildman–Crippen MR) is 98.1 cm³/mol. The summed E-state index contributed by atoms with van der Waals surface area (Å²) in [6.45, 7) is 6.90. The van der Waals surface area contributed by atoms with Crippen molar-refractivity contribution in [3.63, 3.8) is 0 Å². The molecule has 4 nitrogen and oxygen atoms in total. The summed E-state index contributed by atoms with van der Waals surface area (Å²) in [6, 6.07) is 7.03. The number of alkyl halides is 2. The van der Waals surface area contributed by atoms with Crippen LogP contribution in [0.2, 0.25) is 0 Å². The molecule has 2 aromatic rings. The van der Waals surface area contributed by atoms with E-state index >= 15 is 0 Å². The fourth-order valence-corrected chi connectivity index (χ4v) is 2.37. The van der Waals surface area contributed by atoms with E-state index in [2.05, 4.69) is 5.10 Å². The average Bonchev–Trinajstić information content (AvgIpc) is 2.55. The van der Waals surface area contributed by atoms with Gasteiger partial charge in [-0.25, -0.2) is 13.5 Å². The van der Waals surface area contributed by atoms with Crippen LogP contribution in [0.1, 0.15) is 38.4 Å². The first-order valence-corrected chi connectivity index (χ1v) is 8.12. The summed E-state index contributed by atoms with van der Waals surface area (Å²) < 4.78 is 26.1. The Balaban J connectivity index is 0. The second-order valence-electron chi connectivity index (χ2n) is 5.11. The number of hydrogen-bond donors (Lipinski definition) is 1. The summed E-state index contributed by atoms with van der Waals surface area (Å²) in [4.78, 5) is 12.4. The van der Waals surface area contributed by atoms with Crippen molar-refractivity contribution < 1.29 is 46.6 Å². The number of halogens is 2. The molecule has 1 radical (unpaired) electrons. The number of aromatic nitrogens is 2. The Morgan fingerprint density at radius 3 is 2.31 bits per heavy atom. The van der Waals surface area contributed by atoms with E-state index in [1.54, 1.807) is 25.1 Å². The van der Waals surface area contributed by atoms with Crippen molar-refractivity contribution >= 4 is 0 Å². The van der Waals surface area contributed by atoms with Crippen LogP contribution in [0.3, 0.4) is 0 Å². The van der Waals surface area contributed by atoms with Crippen LogP contribution in [0.25, 0.3) is 11.1 Å². The first-order chi connectivity index (χ1) is 11.5. The van der Waals surface area contributed by atoms with E-state index in [1.165, 1.54) is 0 Å². The molecule has 26 heavy (non-hydrogen) atoms. The quantitative estimate of drug-likeness (QED) is 0.688. The van der Waals surface area contributed by atoms with Gasteiger partial charge in [0.25, 0.3) is 12.0 Å². The molecule has 0 atom stereocenters. The van der Waals surface area contributed by atoms with Gasteiger partial charge in [0.2, 0.25) is 0 Å². The van der Waals surface area contributed by atoms with Gasteiger partial charge in [0.05, 0.1) is 5.56 Å². The van der Waals surface area contributed by atoms with Gasteiger partial charge in [-0.15, -0.1) is 0 Å². The normalized spacial score (nSPS) is 9.65. The Hall–Kier alpha value is -1.14. The van der Waals surface area contributed by atoms with Gasteiger partial charge in [0, 0.05) is 32.7 Å². The van der Waals surface area contributed by atoms with E-state index in [0.29, 0.717) is 18.4 Å². The zero-order valence-electron chi connectivity index (χ0n) is 16.1. The van der Waals surface area contributed by atoms with Crippen LogP contribution < -0.4 is 5.56 Å². The van der Waals surface area contributed by atoms with Crippen molar-refractivity contribution in [1.82, 2.24) is 9.78 Å². The number of nitrogens with zero attached hydrogens (tertiary/aromatic N) is 2. The largest absolute Gasteiger partial charge is 0.505 e. The Labute approximate surface area is 179 Å². The Kier molecular flexibility index (Phi) is 13.6. The topological polar surface area (TPSA) is 55.1 Å². The predicted octanol–water partition coefficient (Wildman–Crippen LogP) is 4.62. The molecule has 1 N–H and O–H groups in total. The number of aryl methyl sites for hydroxylation is 2. The van der Waals surface area contributed by atoms with Gasteiger partial charge in [-0.3, -0.25) is 4.79 Å². The molecule has 1 aromatic carbocycles. The SMILES string of the molecule is CC.CCCc1nn(CC(F)F)c(=O)c(-c2ccccc2C)c1O.[CH3-].[Y]. The minimum atomic E-state index is -2.69. The van der Waals surface area contributed by atoms with Crippen LogP contribution in [-0.4, -0.2) is 21.3 Å². The van der Waals surface area contributed by atoms with Gasteiger partial charge in [0.1, 0.15) is 12.2 Å². The van der Waals surface area contributed by atoms with Crippen LogP contribution in [0, 0.1) is 14.4 Å². The van der Waals surface area contributed by atoms with E-state index in [9.17, 15) is 18.7 Å². The Bertz CT molecular complexity index is 734. The number of aromatic hydroxyl groups is 1. The van der Waals surface area contributed by atoms with E-state index < -0.39 is 18.5 Å². The van der Waals surface area contributed by atoms with Gasteiger partial charge < -0.3 is 12.5 Å². The van der Waals surface area contributed by atoms with E-state index in [-0.39, 0.29) is 57.1 Å². The molecule has 0 amide bonds. The van der Waals surface area contributed by atoms with E-state index in [1.807, 2.05) is 26.8 Å². The molecular weight excluding hydrogens is 415 g/mol. The monoisotopic (exact) mass is 442 g/mol. The van der Waals surface area contributed by atoms with Crippen LogP contribution in [0.5, 0.6) is 5.75 Å². The number of benzene rings is 1. The van der Waals surface area contributed by atoms with Crippen LogP contribution >= 0.6 is 0 Å². The smallest absolute Gasteiger partial charge is 0.278 e. The molecule has 0 bridgehead atoms. The molecule has 0 spiro atoms.